The fourth-order valence-electron chi connectivity index (χ4n) is 2.17. The van der Waals surface area contributed by atoms with E-state index in [-0.39, 0.29) is 5.91 Å². The summed E-state index contributed by atoms with van der Waals surface area (Å²) < 4.78 is 0. The summed E-state index contributed by atoms with van der Waals surface area (Å²) in [6.45, 7) is 4.08. The lowest BCUT2D eigenvalue weighted by molar-refractivity contribution is 0.0697. The molecule has 0 saturated carbocycles. The topological polar surface area (TPSA) is 20.3 Å². The number of likely N-dealkylation sites (tertiary alicyclic amines) is 1. The predicted octanol–water partition coefficient (Wildman–Crippen LogP) is 0.817. The van der Waals surface area contributed by atoms with Gasteiger partial charge in [0.1, 0.15) is 7.85 Å². The molecule has 0 radical (unpaired) electrons. The van der Waals surface area contributed by atoms with Crippen molar-refractivity contribution in [2.75, 3.05) is 13.1 Å². The van der Waals surface area contributed by atoms with E-state index < -0.39 is 0 Å². The molecule has 1 aliphatic heterocycles. The second kappa shape index (κ2) is 4.73. The van der Waals surface area contributed by atoms with Crippen LogP contribution in [-0.4, -0.2) is 31.7 Å². The number of hydrogen-bond acceptors (Lipinski definition) is 1. The number of piperidine rings is 1. The highest BCUT2D eigenvalue weighted by Gasteiger charge is 2.21. The van der Waals surface area contributed by atoms with Crippen LogP contribution in [0.5, 0.6) is 0 Å². The van der Waals surface area contributed by atoms with Crippen LogP contribution in [-0.2, 0) is 0 Å². The van der Waals surface area contributed by atoms with Crippen molar-refractivity contribution in [3.05, 3.63) is 29.8 Å². The normalized spacial score (nSPS) is 17.4. The Labute approximate surface area is 98.1 Å². The molecule has 0 aromatic heterocycles. The largest absolute Gasteiger partial charge is 0.339 e. The van der Waals surface area contributed by atoms with Crippen LogP contribution in [0.3, 0.4) is 0 Å². The number of hydrogen-bond donors (Lipinski definition) is 0. The van der Waals surface area contributed by atoms with E-state index in [4.69, 9.17) is 0 Å². The van der Waals surface area contributed by atoms with Crippen molar-refractivity contribution in [3.8, 4) is 0 Å². The van der Waals surface area contributed by atoms with Gasteiger partial charge in [0, 0.05) is 18.7 Å². The Morgan fingerprint density at radius 1 is 1.38 bits per heavy atom. The molecule has 1 heterocycles. The lowest BCUT2D eigenvalue weighted by atomic mass is 9.93. The predicted molar refractivity (Wildman–Crippen MR) is 68.9 cm³/mol. The average Bonchev–Trinajstić information content (AvgIpc) is 2.29. The molecule has 1 amide bonds. The van der Waals surface area contributed by atoms with Crippen LogP contribution in [0, 0.1) is 5.92 Å². The number of benzene rings is 1. The van der Waals surface area contributed by atoms with Crippen molar-refractivity contribution in [2.24, 2.45) is 5.92 Å². The maximum absolute atomic E-state index is 12.2. The first kappa shape index (κ1) is 11.2. The number of carbonyl (C=O) groups excluding carboxylic acids is 1. The quantitative estimate of drug-likeness (QED) is 0.635. The second-order valence-corrected chi connectivity index (χ2v) is 4.84. The molecule has 1 aliphatic rings. The molecule has 1 fully saturated rings. The van der Waals surface area contributed by atoms with E-state index in [2.05, 4.69) is 6.92 Å². The van der Waals surface area contributed by atoms with Crippen LogP contribution >= 0.6 is 0 Å². The molecule has 0 spiro atoms. The summed E-state index contributed by atoms with van der Waals surface area (Å²) in [7, 11) is 2.02. The second-order valence-electron chi connectivity index (χ2n) is 4.84. The summed E-state index contributed by atoms with van der Waals surface area (Å²) >= 11 is 0. The molecule has 0 bridgehead atoms. The Morgan fingerprint density at radius 3 is 2.69 bits per heavy atom. The van der Waals surface area contributed by atoms with Crippen molar-refractivity contribution >= 4 is 19.2 Å². The van der Waals surface area contributed by atoms with E-state index in [1.807, 2.05) is 37.0 Å². The summed E-state index contributed by atoms with van der Waals surface area (Å²) in [5.74, 6) is 0.956. The first-order chi connectivity index (χ1) is 7.66. The van der Waals surface area contributed by atoms with Crippen LogP contribution in [0.1, 0.15) is 30.1 Å². The molecule has 1 saturated heterocycles. The Bertz CT molecular complexity index is 383. The van der Waals surface area contributed by atoms with Crippen LogP contribution in [0.25, 0.3) is 0 Å². The van der Waals surface area contributed by atoms with E-state index >= 15 is 0 Å². The summed E-state index contributed by atoms with van der Waals surface area (Å²) in [6, 6.07) is 7.86. The SMILES string of the molecule is Bc1cccc(C(=O)N2CCC(C)CC2)c1. The van der Waals surface area contributed by atoms with E-state index in [1.54, 1.807) is 0 Å². The van der Waals surface area contributed by atoms with Gasteiger partial charge in [0.25, 0.3) is 5.91 Å². The zero-order valence-corrected chi connectivity index (χ0v) is 10.1. The third kappa shape index (κ3) is 2.46. The van der Waals surface area contributed by atoms with Crippen molar-refractivity contribution in [1.82, 2.24) is 4.90 Å². The van der Waals surface area contributed by atoms with Crippen LogP contribution in [0.4, 0.5) is 0 Å². The van der Waals surface area contributed by atoms with Gasteiger partial charge in [0.15, 0.2) is 0 Å². The van der Waals surface area contributed by atoms with Crippen molar-refractivity contribution in [3.63, 3.8) is 0 Å². The van der Waals surface area contributed by atoms with Crippen molar-refractivity contribution in [2.45, 2.75) is 19.8 Å². The van der Waals surface area contributed by atoms with Gasteiger partial charge < -0.3 is 4.90 Å². The third-order valence-corrected chi connectivity index (χ3v) is 3.34. The molecule has 2 rings (SSSR count). The van der Waals surface area contributed by atoms with E-state index in [1.165, 1.54) is 0 Å². The number of carbonyl (C=O) groups is 1. The summed E-state index contributed by atoms with van der Waals surface area (Å²) in [6.07, 6.45) is 2.27. The lowest BCUT2D eigenvalue weighted by Gasteiger charge is -2.30. The highest BCUT2D eigenvalue weighted by atomic mass is 16.2. The fraction of sp³-hybridized carbons (Fsp3) is 0.462. The van der Waals surface area contributed by atoms with Crippen molar-refractivity contribution in [1.29, 1.82) is 0 Å². The van der Waals surface area contributed by atoms with Gasteiger partial charge in [0.2, 0.25) is 0 Å². The number of rotatable bonds is 1. The van der Waals surface area contributed by atoms with Crippen molar-refractivity contribution < 1.29 is 4.79 Å². The Hall–Kier alpha value is -1.25. The van der Waals surface area contributed by atoms with Gasteiger partial charge in [-0.1, -0.05) is 30.6 Å². The molecule has 0 unspecified atom stereocenters. The molecule has 16 heavy (non-hydrogen) atoms. The Morgan fingerprint density at radius 2 is 2.06 bits per heavy atom. The average molecular weight is 215 g/mol. The van der Waals surface area contributed by atoms with E-state index in [9.17, 15) is 4.79 Å². The summed E-state index contributed by atoms with van der Waals surface area (Å²) in [4.78, 5) is 14.2. The summed E-state index contributed by atoms with van der Waals surface area (Å²) in [5.41, 5.74) is 1.98. The molecular weight excluding hydrogens is 197 g/mol. The zero-order chi connectivity index (χ0) is 11.5. The molecule has 0 aliphatic carbocycles. The molecule has 84 valence electrons. The van der Waals surface area contributed by atoms with Gasteiger partial charge in [0.05, 0.1) is 0 Å². The van der Waals surface area contributed by atoms with Gasteiger partial charge in [-0.15, -0.1) is 0 Å². The summed E-state index contributed by atoms with van der Waals surface area (Å²) in [5, 5.41) is 0. The van der Waals surface area contributed by atoms with Gasteiger partial charge in [-0.2, -0.15) is 0 Å². The van der Waals surface area contributed by atoms with Gasteiger partial charge in [-0.05, 0) is 24.8 Å². The highest BCUT2D eigenvalue weighted by molar-refractivity contribution is 6.32. The minimum atomic E-state index is 0.190. The smallest absolute Gasteiger partial charge is 0.253 e. The van der Waals surface area contributed by atoms with E-state index in [0.717, 1.165) is 42.9 Å². The molecule has 0 N–H and O–H groups in total. The standard InChI is InChI=1S/C13H18BNO/c1-10-5-7-15(8-6-10)13(16)11-3-2-4-12(14)9-11/h2-4,9-10H,5-8,14H2,1H3. The van der Waals surface area contributed by atoms with Gasteiger partial charge in [-0.3, -0.25) is 4.79 Å². The Kier molecular flexibility index (Phi) is 3.32. The lowest BCUT2D eigenvalue weighted by Crippen LogP contribution is -2.38. The van der Waals surface area contributed by atoms with Crippen LogP contribution in [0.2, 0.25) is 0 Å². The maximum atomic E-state index is 12.2. The molecule has 1 aromatic rings. The molecule has 1 aromatic carbocycles. The molecule has 0 atom stereocenters. The number of amides is 1. The minimum absolute atomic E-state index is 0.190. The van der Waals surface area contributed by atoms with Crippen LogP contribution in [0.15, 0.2) is 24.3 Å². The molecular formula is C13H18BNO. The molecule has 2 nitrogen and oxygen atoms in total. The fourth-order valence-corrected chi connectivity index (χ4v) is 2.17. The van der Waals surface area contributed by atoms with Gasteiger partial charge >= 0.3 is 0 Å². The van der Waals surface area contributed by atoms with Gasteiger partial charge in [-0.25, -0.2) is 0 Å². The monoisotopic (exact) mass is 215 g/mol. The first-order valence-electron chi connectivity index (χ1n) is 6.03. The third-order valence-electron chi connectivity index (χ3n) is 3.34. The first-order valence-corrected chi connectivity index (χ1v) is 6.03. The van der Waals surface area contributed by atoms with Crippen LogP contribution < -0.4 is 5.46 Å². The Balaban J connectivity index is 2.08. The minimum Gasteiger partial charge on any atom is -0.339 e. The molecule has 3 heteroatoms. The van der Waals surface area contributed by atoms with E-state index in [0.29, 0.717) is 0 Å². The number of nitrogens with zero attached hydrogens (tertiary/aromatic N) is 1. The maximum Gasteiger partial charge on any atom is 0.253 e. The zero-order valence-electron chi connectivity index (χ0n) is 10.1. The highest BCUT2D eigenvalue weighted by Crippen LogP contribution is 2.17.